The fraction of sp³-hybridized carbons (Fsp3) is 0.143. The molecule has 0 aliphatic heterocycles. The van der Waals surface area contributed by atoms with Gasteiger partial charge in [-0.2, -0.15) is 9.97 Å². The van der Waals surface area contributed by atoms with Crippen molar-refractivity contribution in [1.82, 2.24) is 15.0 Å². The molecule has 2 aromatic heterocycles. The van der Waals surface area contributed by atoms with Gasteiger partial charge >= 0.3 is 0 Å². The summed E-state index contributed by atoms with van der Waals surface area (Å²) in [5, 5.41) is 3.56. The Kier molecular flexibility index (Phi) is 3.28. The van der Waals surface area contributed by atoms with Crippen LogP contribution < -0.4 is 5.32 Å². The molecule has 102 valence electrons. The van der Waals surface area contributed by atoms with Crippen molar-refractivity contribution in [3.05, 3.63) is 53.2 Å². The van der Waals surface area contributed by atoms with Crippen molar-refractivity contribution in [2.45, 2.75) is 13.0 Å². The summed E-state index contributed by atoms with van der Waals surface area (Å²) in [7, 11) is 0. The van der Waals surface area contributed by atoms with Crippen LogP contribution >= 0.6 is 11.6 Å². The lowest BCUT2D eigenvalue weighted by Gasteiger charge is -2.15. The number of rotatable bonds is 3. The second kappa shape index (κ2) is 5.09. The van der Waals surface area contributed by atoms with E-state index >= 15 is 0 Å². The minimum atomic E-state index is -0.403. The van der Waals surface area contributed by atoms with Crippen molar-refractivity contribution in [1.29, 1.82) is 0 Å². The van der Waals surface area contributed by atoms with Gasteiger partial charge in [0.2, 0.25) is 5.28 Å². The normalized spacial score (nSPS) is 12.6. The standard InChI is InChI=1S/C14H12ClFN4/c1-8(9-5-3-2-4-6-9)18-13-11-10(16)7-17-12(11)19-14(15)20-13/h2-8H,1H3,(H2,17,18,19,20)/t8-/m0/s1. The highest BCUT2D eigenvalue weighted by atomic mass is 35.5. The minimum Gasteiger partial charge on any atom is -0.363 e. The largest absolute Gasteiger partial charge is 0.363 e. The quantitative estimate of drug-likeness (QED) is 0.719. The minimum absolute atomic E-state index is 0.0281. The van der Waals surface area contributed by atoms with Crippen LogP contribution in [0.2, 0.25) is 5.28 Å². The number of aromatic nitrogens is 3. The molecule has 1 aromatic carbocycles. The zero-order valence-electron chi connectivity index (χ0n) is 10.7. The van der Waals surface area contributed by atoms with E-state index in [0.717, 1.165) is 5.56 Å². The van der Waals surface area contributed by atoms with E-state index in [4.69, 9.17) is 11.6 Å². The first-order valence-electron chi connectivity index (χ1n) is 6.17. The first kappa shape index (κ1) is 12.9. The summed E-state index contributed by atoms with van der Waals surface area (Å²) < 4.78 is 13.8. The molecule has 2 heterocycles. The Bertz CT molecular complexity index is 742. The number of aromatic amines is 1. The van der Waals surface area contributed by atoms with Gasteiger partial charge in [0.05, 0.1) is 5.39 Å². The maximum Gasteiger partial charge on any atom is 0.226 e. The molecule has 2 N–H and O–H groups in total. The fourth-order valence-electron chi connectivity index (χ4n) is 2.10. The van der Waals surface area contributed by atoms with Crippen LogP contribution in [0.5, 0.6) is 0 Å². The third-order valence-corrected chi connectivity index (χ3v) is 3.28. The molecule has 4 nitrogen and oxygen atoms in total. The summed E-state index contributed by atoms with van der Waals surface area (Å²) in [5.74, 6) is -0.0190. The van der Waals surface area contributed by atoms with E-state index in [-0.39, 0.29) is 11.3 Å². The summed E-state index contributed by atoms with van der Waals surface area (Å²) in [6, 6.07) is 9.80. The highest BCUT2D eigenvalue weighted by Gasteiger charge is 2.15. The van der Waals surface area contributed by atoms with E-state index in [1.807, 2.05) is 37.3 Å². The summed E-state index contributed by atoms with van der Waals surface area (Å²) in [4.78, 5) is 10.8. The number of hydrogen-bond acceptors (Lipinski definition) is 3. The van der Waals surface area contributed by atoms with Gasteiger partial charge in [-0.05, 0) is 24.1 Å². The van der Waals surface area contributed by atoms with Crippen molar-refractivity contribution in [3.63, 3.8) is 0 Å². The summed E-state index contributed by atoms with van der Waals surface area (Å²) in [5.41, 5.74) is 1.46. The third-order valence-electron chi connectivity index (χ3n) is 3.11. The number of hydrogen-bond donors (Lipinski definition) is 2. The lowest BCUT2D eigenvalue weighted by molar-refractivity contribution is 0.639. The SMILES string of the molecule is C[C@H](Nc1nc(Cl)nc2[nH]cc(F)c12)c1ccccc1. The van der Waals surface area contributed by atoms with Gasteiger partial charge in [-0.1, -0.05) is 30.3 Å². The molecule has 0 fully saturated rings. The van der Waals surface area contributed by atoms with Crippen molar-refractivity contribution in [2.75, 3.05) is 5.32 Å². The first-order valence-corrected chi connectivity index (χ1v) is 6.54. The smallest absolute Gasteiger partial charge is 0.226 e. The van der Waals surface area contributed by atoms with E-state index in [9.17, 15) is 4.39 Å². The molecular formula is C14H12ClFN4. The molecule has 1 atom stereocenters. The number of benzene rings is 1. The Labute approximate surface area is 120 Å². The van der Waals surface area contributed by atoms with Gasteiger partial charge in [-0.3, -0.25) is 0 Å². The monoisotopic (exact) mass is 290 g/mol. The molecule has 0 saturated heterocycles. The molecule has 0 radical (unpaired) electrons. The van der Waals surface area contributed by atoms with Crippen molar-refractivity contribution < 1.29 is 4.39 Å². The van der Waals surface area contributed by atoms with Crippen LogP contribution in [0.25, 0.3) is 11.0 Å². The van der Waals surface area contributed by atoms with Gasteiger partial charge in [0, 0.05) is 12.2 Å². The van der Waals surface area contributed by atoms with E-state index < -0.39 is 5.82 Å². The molecule has 0 spiro atoms. The first-order chi connectivity index (χ1) is 9.65. The van der Waals surface area contributed by atoms with Gasteiger partial charge in [0.15, 0.2) is 5.82 Å². The Balaban J connectivity index is 2.00. The van der Waals surface area contributed by atoms with E-state index in [1.165, 1.54) is 6.20 Å². The van der Waals surface area contributed by atoms with Crippen molar-refractivity contribution in [2.24, 2.45) is 0 Å². The van der Waals surface area contributed by atoms with Crippen LogP contribution in [-0.2, 0) is 0 Å². The topological polar surface area (TPSA) is 53.6 Å². The van der Waals surface area contributed by atoms with E-state index in [1.54, 1.807) is 0 Å². The molecule has 6 heteroatoms. The Morgan fingerprint density at radius 2 is 2.00 bits per heavy atom. The van der Waals surface area contributed by atoms with Gasteiger partial charge in [0.25, 0.3) is 0 Å². The number of fused-ring (bicyclic) bond motifs is 1. The van der Waals surface area contributed by atoms with Crippen LogP contribution in [-0.4, -0.2) is 15.0 Å². The molecule has 0 aliphatic carbocycles. The maximum atomic E-state index is 13.8. The van der Waals surface area contributed by atoms with Crippen LogP contribution in [0.15, 0.2) is 36.5 Å². The predicted octanol–water partition coefficient (Wildman–Crippen LogP) is 3.92. The number of halogens is 2. The Hall–Kier alpha value is -2.14. The zero-order chi connectivity index (χ0) is 14.1. The van der Waals surface area contributed by atoms with E-state index in [0.29, 0.717) is 16.9 Å². The van der Waals surface area contributed by atoms with Crippen molar-refractivity contribution in [3.8, 4) is 0 Å². The highest BCUT2D eigenvalue weighted by Crippen LogP contribution is 2.27. The number of nitrogens with zero attached hydrogens (tertiary/aromatic N) is 2. The second-order valence-corrected chi connectivity index (χ2v) is 4.82. The second-order valence-electron chi connectivity index (χ2n) is 4.48. The third kappa shape index (κ3) is 2.32. The predicted molar refractivity (Wildman–Crippen MR) is 77.3 cm³/mol. The number of anilines is 1. The molecule has 0 bridgehead atoms. The molecule has 20 heavy (non-hydrogen) atoms. The number of nitrogens with one attached hydrogen (secondary N) is 2. The maximum absolute atomic E-state index is 13.8. The van der Waals surface area contributed by atoms with Crippen LogP contribution in [0.4, 0.5) is 10.2 Å². The molecular weight excluding hydrogens is 279 g/mol. The lowest BCUT2D eigenvalue weighted by Crippen LogP contribution is -2.09. The van der Waals surface area contributed by atoms with Crippen LogP contribution in [0.3, 0.4) is 0 Å². The molecule has 0 saturated carbocycles. The van der Waals surface area contributed by atoms with Gasteiger partial charge in [-0.25, -0.2) is 4.39 Å². The average molecular weight is 291 g/mol. The van der Waals surface area contributed by atoms with Gasteiger partial charge in [0.1, 0.15) is 11.5 Å². The Morgan fingerprint density at radius 1 is 1.25 bits per heavy atom. The average Bonchev–Trinajstić information content (AvgIpc) is 2.81. The van der Waals surface area contributed by atoms with Crippen LogP contribution in [0, 0.1) is 5.82 Å². The Morgan fingerprint density at radius 3 is 2.75 bits per heavy atom. The highest BCUT2D eigenvalue weighted by molar-refractivity contribution is 6.28. The van der Waals surface area contributed by atoms with Gasteiger partial charge < -0.3 is 10.3 Å². The lowest BCUT2D eigenvalue weighted by atomic mass is 10.1. The molecule has 3 rings (SSSR count). The summed E-state index contributed by atoms with van der Waals surface area (Å²) >= 11 is 5.86. The van der Waals surface area contributed by atoms with E-state index in [2.05, 4.69) is 20.3 Å². The number of H-pyrrole nitrogens is 1. The zero-order valence-corrected chi connectivity index (χ0v) is 11.4. The molecule has 3 aromatic rings. The van der Waals surface area contributed by atoms with Crippen molar-refractivity contribution >= 4 is 28.5 Å². The molecule has 0 amide bonds. The summed E-state index contributed by atoms with van der Waals surface area (Å²) in [6.07, 6.45) is 1.24. The molecule has 0 unspecified atom stereocenters. The van der Waals surface area contributed by atoms with Crippen LogP contribution in [0.1, 0.15) is 18.5 Å². The summed E-state index contributed by atoms with van der Waals surface area (Å²) in [6.45, 7) is 1.97. The van der Waals surface area contributed by atoms with Gasteiger partial charge in [-0.15, -0.1) is 0 Å². The molecule has 0 aliphatic rings. The fourth-order valence-corrected chi connectivity index (χ4v) is 2.27.